The van der Waals surface area contributed by atoms with Gasteiger partial charge in [0.15, 0.2) is 0 Å². The van der Waals surface area contributed by atoms with Gasteiger partial charge in [0.25, 0.3) is 0 Å². The van der Waals surface area contributed by atoms with Gasteiger partial charge in [-0.25, -0.2) is 0 Å². The quantitative estimate of drug-likeness (QED) is 0.852. The molecule has 122 valence electrons. The predicted molar refractivity (Wildman–Crippen MR) is 94.7 cm³/mol. The van der Waals surface area contributed by atoms with Crippen molar-refractivity contribution in [3.05, 3.63) is 71.8 Å². The van der Waals surface area contributed by atoms with Gasteiger partial charge in [0.1, 0.15) is 0 Å². The van der Waals surface area contributed by atoms with Crippen LogP contribution in [0.1, 0.15) is 44.0 Å². The molecule has 3 atom stereocenters. The second-order valence-electron chi connectivity index (χ2n) is 6.37. The van der Waals surface area contributed by atoms with Crippen molar-refractivity contribution in [2.75, 3.05) is 0 Å². The third-order valence-electron chi connectivity index (χ3n) is 4.26. The van der Waals surface area contributed by atoms with E-state index in [1.165, 1.54) is 0 Å². The molecule has 3 unspecified atom stereocenters. The van der Waals surface area contributed by atoms with Crippen molar-refractivity contribution in [3.8, 4) is 0 Å². The Balaban J connectivity index is 2.10. The fourth-order valence-electron chi connectivity index (χ4n) is 2.71. The molecule has 23 heavy (non-hydrogen) atoms. The monoisotopic (exact) mass is 310 g/mol. The first kappa shape index (κ1) is 17.2. The summed E-state index contributed by atoms with van der Waals surface area (Å²) >= 11 is 0. The first-order valence-electron chi connectivity index (χ1n) is 8.16. The van der Waals surface area contributed by atoms with Gasteiger partial charge in [-0.1, -0.05) is 81.4 Å². The van der Waals surface area contributed by atoms with Crippen molar-refractivity contribution in [2.45, 2.75) is 32.9 Å². The van der Waals surface area contributed by atoms with E-state index in [2.05, 4.69) is 19.2 Å². The molecule has 0 bridgehead atoms. The molecule has 0 aliphatic carbocycles. The topological polar surface area (TPSA) is 55.1 Å². The minimum absolute atomic E-state index is 0.00544. The number of nitrogens with two attached hydrogens (primary N) is 1. The molecule has 0 fully saturated rings. The van der Waals surface area contributed by atoms with E-state index in [0.717, 1.165) is 11.1 Å². The van der Waals surface area contributed by atoms with Crippen LogP contribution in [0.2, 0.25) is 0 Å². The Kier molecular flexibility index (Phi) is 5.94. The van der Waals surface area contributed by atoms with Gasteiger partial charge in [0, 0.05) is 6.04 Å². The zero-order valence-electron chi connectivity index (χ0n) is 14.1. The van der Waals surface area contributed by atoms with Gasteiger partial charge in [0.2, 0.25) is 5.91 Å². The van der Waals surface area contributed by atoms with E-state index in [4.69, 9.17) is 5.73 Å². The fraction of sp³-hybridized carbons (Fsp3) is 0.350. The highest BCUT2D eigenvalue weighted by molar-refractivity contribution is 5.79. The highest BCUT2D eigenvalue weighted by Crippen LogP contribution is 2.24. The molecule has 2 aromatic rings. The molecule has 0 spiro atoms. The van der Waals surface area contributed by atoms with Crippen LogP contribution in [0.4, 0.5) is 0 Å². The smallest absolute Gasteiger partial charge is 0.225 e. The molecule has 0 saturated carbocycles. The van der Waals surface area contributed by atoms with E-state index in [1.54, 1.807) is 0 Å². The number of carbonyl (C=O) groups excluding carboxylic acids is 1. The van der Waals surface area contributed by atoms with Crippen LogP contribution in [0.25, 0.3) is 0 Å². The van der Waals surface area contributed by atoms with Gasteiger partial charge in [-0.15, -0.1) is 0 Å². The van der Waals surface area contributed by atoms with E-state index in [1.807, 2.05) is 67.6 Å². The zero-order chi connectivity index (χ0) is 16.8. The standard InChI is InChI=1S/C20H26N2O/c1-14(2)19(17-12-8-5-9-13-17)22-20(23)15(3)18(21)16-10-6-4-7-11-16/h4-15,18-19H,21H2,1-3H3,(H,22,23). The van der Waals surface area contributed by atoms with Crippen LogP contribution < -0.4 is 11.1 Å². The molecule has 0 aliphatic heterocycles. The molecule has 2 aromatic carbocycles. The average Bonchev–Trinajstić information content (AvgIpc) is 2.59. The Morgan fingerprint density at radius 1 is 0.870 bits per heavy atom. The summed E-state index contributed by atoms with van der Waals surface area (Å²) in [5.74, 6) is 0.00719. The number of hydrogen-bond donors (Lipinski definition) is 2. The van der Waals surface area contributed by atoms with E-state index in [9.17, 15) is 4.79 Å². The molecular formula is C20H26N2O. The Morgan fingerprint density at radius 3 is 1.83 bits per heavy atom. The molecule has 3 heteroatoms. The number of hydrogen-bond acceptors (Lipinski definition) is 2. The normalized spacial score (nSPS) is 15.0. The van der Waals surface area contributed by atoms with Crippen LogP contribution in [0.3, 0.4) is 0 Å². The molecule has 0 saturated heterocycles. The number of benzene rings is 2. The third-order valence-corrected chi connectivity index (χ3v) is 4.26. The van der Waals surface area contributed by atoms with Crippen LogP contribution in [0, 0.1) is 11.8 Å². The maximum atomic E-state index is 12.7. The number of nitrogens with one attached hydrogen (secondary N) is 1. The summed E-state index contributed by atoms with van der Waals surface area (Å²) in [7, 11) is 0. The SMILES string of the molecule is CC(C)C(NC(=O)C(C)C(N)c1ccccc1)c1ccccc1. The summed E-state index contributed by atoms with van der Waals surface area (Å²) in [5, 5.41) is 3.16. The minimum Gasteiger partial charge on any atom is -0.349 e. The van der Waals surface area contributed by atoms with E-state index >= 15 is 0 Å². The largest absolute Gasteiger partial charge is 0.349 e. The van der Waals surface area contributed by atoms with Crippen LogP contribution >= 0.6 is 0 Å². The maximum Gasteiger partial charge on any atom is 0.225 e. The van der Waals surface area contributed by atoms with Gasteiger partial charge in [-0.2, -0.15) is 0 Å². The Hall–Kier alpha value is -2.13. The van der Waals surface area contributed by atoms with Gasteiger partial charge in [-0.3, -0.25) is 4.79 Å². The lowest BCUT2D eigenvalue weighted by molar-refractivity contribution is -0.126. The van der Waals surface area contributed by atoms with Crippen molar-refractivity contribution in [1.82, 2.24) is 5.32 Å². The fourth-order valence-corrected chi connectivity index (χ4v) is 2.71. The molecule has 3 nitrogen and oxygen atoms in total. The number of carbonyl (C=O) groups is 1. The first-order valence-corrected chi connectivity index (χ1v) is 8.16. The summed E-state index contributed by atoms with van der Waals surface area (Å²) in [5.41, 5.74) is 8.37. The lowest BCUT2D eigenvalue weighted by Crippen LogP contribution is -2.39. The molecule has 0 heterocycles. The van der Waals surface area contributed by atoms with Crippen LogP contribution in [0.15, 0.2) is 60.7 Å². The van der Waals surface area contributed by atoms with Gasteiger partial charge in [0.05, 0.1) is 12.0 Å². The number of rotatable bonds is 6. The molecule has 0 radical (unpaired) electrons. The highest BCUT2D eigenvalue weighted by atomic mass is 16.2. The molecular weight excluding hydrogens is 284 g/mol. The van der Waals surface area contributed by atoms with Crippen LogP contribution in [0.5, 0.6) is 0 Å². The lowest BCUT2D eigenvalue weighted by atomic mass is 9.92. The molecule has 3 N–H and O–H groups in total. The predicted octanol–water partition coefficient (Wildman–Crippen LogP) is 3.84. The lowest BCUT2D eigenvalue weighted by Gasteiger charge is -2.27. The van der Waals surface area contributed by atoms with E-state index in [-0.39, 0.29) is 23.9 Å². The summed E-state index contributed by atoms with van der Waals surface area (Å²) in [6.07, 6.45) is 0. The summed E-state index contributed by atoms with van der Waals surface area (Å²) < 4.78 is 0. The molecule has 0 aromatic heterocycles. The minimum atomic E-state index is -0.306. The highest BCUT2D eigenvalue weighted by Gasteiger charge is 2.26. The molecule has 1 amide bonds. The Labute approximate surface area is 138 Å². The zero-order valence-corrected chi connectivity index (χ0v) is 14.1. The van der Waals surface area contributed by atoms with E-state index in [0.29, 0.717) is 5.92 Å². The molecule has 2 rings (SSSR count). The van der Waals surface area contributed by atoms with Crippen LogP contribution in [-0.2, 0) is 4.79 Å². The van der Waals surface area contributed by atoms with Crippen molar-refractivity contribution in [1.29, 1.82) is 0 Å². The van der Waals surface area contributed by atoms with Crippen molar-refractivity contribution in [2.24, 2.45) is 17.6 Å². The Bertz CT molecular complexity index is 610. The average molecular weight is 310 g/mol. The van der Waals surface area contributed by atoms with Gasteiger partial charge < -0.3 is 11.1 Å². The number of amides is 1. The van der Waals surface area contributed by atoms with Crippen molar-refractivity contribution >= 4 is 5.91 Å². The summed E-state index contributed by atoms with van der Waals surface area (Å²) in [6, 6.07) is 19.5. The first-order chi connectivity index (χ1) is 11.0. The Morgan fingerprint density at radius 2 is 1.35 bits per heavy atom. The van der Waals surface area contributed by atoms with Crippen LogP contribution in [-0.4, -0.2) is 5.91 Å². The molecule has 0 aliphatic rings. The maximum absolute atomic E-state index is 12.7. The summed E-state index contributed by atoms with van der Waals surface area (Å²) in [4.78, 5) is 12.7. The van der Waals surface area contributed by atoms with Gasteiger partial charge in [-0.05, 0) is 17.0 Å². The summed E-state index contributed by atoms with van der Waals surface area (Å²) in [6.45, 7) is 6.11. The van der Waals surface area contributed by atoms with Crippen molar-refractivity contribution in [3.63, 3.8) is 0 Å². The second-order valence-corrected chi connectivity index (χ2v) is 6.37. The second kappa shape index (κ2) is 7.93. The third kappa shape index (κ3) is 4.42. The van der Waals surface area contributed by atoms with E-state index < -0.39 is 0 Å². The van der Waals surface area contributed by atoms with Crippen molar-refractivity contribution < 1.29 is 4.79 Å². The van der Waals surface area contributed by atoms with Gasteiger partial charge >= 0.3 is 0 Å².